The third-order valence-electron chi connectivity index (χ3n) is 2.58. The van der Waals surface area contributed by atoms with E-state index >= 15 is 0 Å². The van der Waals surface area contributed by atoms with Gasteiger partial charge in [-0.05, 0) is 6.07 Å². The fourth-order valence-corrected chi connectivity index (χ4v) is 1.60. The smallest absolute Gasteiger partial charge is 0.145 e. The number of benzene rings is 1. The van der Waals surface area contributed by atoms with Crippen LogP contribution in [0.4, 0.5) is 14.6 Å². The van der Waals surface area contributed by atoms with E-state index in [-0.39, 0.29) is 12.2 Å². The van der Waals surface area contributed by atoms with Crippen molar-refractivity contribution < 1.29 is 8.78 Å². The summed E-state index contributed by atoms with van der Waals surface area (Å²) in [5.41, 5.74) is 0.581. The standard InChI is InChI=1S/C13H10F2N4/c1-19(13-5-11(6-16)17-8-18-13)7-9-2-3-10(14)4-12(9)15/h2-5,8H,7H2,1H3. The molecule has 1 heterocycles. The quantitative estimate of drug-likeness (QED) is 0.849. The van der Waals surface area contributed by atoms with E-state index in [0.717, 1.165) is 6.07 Å². The van der Waals surface area contributed by atoms with Gasteiger partial charge in [0.15, 0.2) is 0 Å². The normalized spacial score (nSPS) is 10.0. The number of rotatable bonds is 3. The maximum atomic E-state index is 13.5. The highest BCUT2D eigenvalue weighted by atomic mass is 19.1. The minimum Gasteiger partial charge on any atom is -0.355 e. The molecule has 0 spiro atoms. The van der Waals surface area contributed by atoms with E-state index in [9.17, 15) is 8.78 Å². The minimum atomic E-state index is -0.613. The Hall–Kier alpha value is -2.55. The second kappa shape index (κ2) is 5.40. The lowest BCUT2D eigenvalue weighted by Gasteiger charge is -2.18. The average molecular weight is 260 g/mol. The summed E-state index contributed by atoms with van der Waals surface area (Å²) in [6, 6.07) is 6.83. The van der Waals surface area contributed by atoms with Gasteiger partial charge in [0.25, 0.3) is 0 Å². The molecule has 0 amide bonds. The van der Waals surface area contributed by atoms with Crippen LogP contribution in [0.3, 0.4) is 0 Å². The third-order valence-corrected chi connectivity index (χ3v) is 2.58. The lowest BCUT2D eigenvalue weighted by molar-refractivity contribution is 0.571. The van der Waals surface area contributed by atoms with Crippen molar-refractivity contribution in [2.75, 3.05) is 11.9 Å². The fraction of sp³-hybridized carbons (Fsp3) is 0.154. The van der Waals surface area contributed by atoms with E-state index in [2.05, 4.69) is 9.97 Å². The number of hydrogen-bond donors (Lipinski definition) is 0. The number of nitriles is 1. The molecule has 0 radical (unpaired) electrons. The van der Waals surface area contributed by atoms with E-state index in [1.807, 2.05) is 6.07 Å². The van der Waals surface area contributed by atoms with Gasteiger partial charge in [-0.2, -0.15) is 5.26 Å². The van der Waals surface area contributed by atoms with Crippen molar-refractivity contribution in [3.8, 4) is 6.07 Å². The number of hydrogen-bond acceptors (Lipinski definition) is 4. The molecule has 0 fully saturated rings. The second-order valence-corrected chi connectivity index (χ2v) is 3.97. The first kappa shape index (κ1) is 12.9. The summed E-state index contributed by atoms with van der Waals surface area (Å²) in [4.78, 5) is 9.40. The summed E-state index contributed by atoms with van der Waals surface area (Å²) < 4.78 is 26.3. The number of nitrogens with zero attached hydrogens (tertiary/aromatic N) is 4. The Morgan fingerprint density at radius 1 is 1.26 bits per heavy atom. The Kier molecular flexibility index (Phi) is 3.66. The topological polar surface area (TPSA) is 52.8 Å². The van der Waals surface area contributed by atoms with Crippen molar-refractivity contribution in [3.63, 3.8) is 0 Å². The molecule has 19 heavy (non-hydrogen) atoms. The number of halogens is 2. The Balaban J connectivity index is 2.20. The summed E-state index contributed by atoms with van der Waals surface area (Å²) >= 11 is 0. The number of aromatic nitrogens is 2. The lowest BCUT2D eigenvalue weighted by atomic mass is 10.2. The Labute approximate surface area is 109 Å². The summed E-state index contributed by atoms with van der Waals surface area (Å²) in [5, 5.41) is 8.75. The van der Waals surface area contributed by atoms with Gasteiger partial charge < -0.3 is 4.90 Å². The monoisotopic (exact) mass is 260 g/mol. The van der Waals surface area contributed by atoms with E-state index in [1.165, 1.54) is 24.5 Å². The Morgan fingerprint density at radius 3 is 2.74 bits per heavy atom. The maximum absolute atomic E-state index is 13.5. The van der Waals surface area contributed by atoms with Gasteiger partial charge in [0.2, 0.25) is 0 Å². The Bertz CT molecular complexity index is 637. The largest absolute Gasteiger partial charge is 0.355 e. The molecule has 1 aromatic heterocycles. The molecule has 0 aliphatic heterocycles. The molecule has 2 rings (SSSR count). The maximum Gasteiger partial charge on any atom is 0.145 e. The zero-order chi connectivity index (χ0) is 13.8. The molecule has 0 atom stereocenters. The van der Waals surface area contributed by atoms with Crippen LogP contribution in [-0.4, -0.2) is 17.0 Å². The first-order valence-corrected chi connectivity index (χ1v) is 5.47. The highest BCUT2D eigenvalue weighted by Gasteiger charge is 2.09. The predicted octanol–water partition coefficient (Wildman–Crippen LogP) is 2.26. The van der Waals surface area contributed by atoms with E-state index in [1.54, 1.807) is 11.9 Å². The van der Waals surface area contributed by atoms with E-state index < -0.39 is 11.6 Å². The van der Waals surface area contributed by atoms with Gasteiger partial charge in [0.1, 0.15) is 35.5 Å². The zero-order valence-electron chi connectivity index (χ0n) is 10.1. The highest BCUT2D eigenvalue weighted by Crippen LogP contribution is 2.15. The molecule has 0 saturated heterocycles. The summed E-state index contributed by atoms with van der Waals surface area (Å²) in [5.74, 6) is -0.727. The SMILES string of the molecule is CN(Cc1ccc(F)cc1F)c1cc(C#N)ncn1. The first-order valence-electron chi connectivity index (χ1n) is 5.47. The molecule has 0 aliphatic carbocycles. The third kappa shape index (κ3) is 3.01. The summed E-state index contributed by atoms with van der Waals surface area (Å²) in [6.45, 7) is 0.216. The molecule has 0 unspecified atom stereocenters. The van der Waals surface area contributed by atoms with E-state index in [4.69, 9.17) is 5.26 Å². The molecular formula is C13H10F2N4. The zero-order valence-corrected chi connectivity index (χ0v) is 10.1. The van der Waals surface area contributed by atoms with Gasteiger partial charge >= 0.3 is 0 Å². The lowest BCUT2D eigenvalue weighted by Crippen LogP contribution is -2.18. The molecule has 0 saturated carbocycles. The summed E-state index contributed by atoms with van der Waals surface area (Å²) in [6.07, 6.45) is 1.27. The molecule has 2 aromatic rings. The van der Waals surface area contributed by atoms with Crippen molar-refractivity contribution >= 4 is 5.82 Å². The van der Waals surface area contributed by atoms with Crippen LogP contribution in [-0.2, 0) is 6.54 Å². The predicted molar refractivity (Wildman–Crippen MR) is 65.2 cm³/mol. The second-order valence-electron chi connectivity index (χ2n) is 3.97. The van der Waals surface area contributed by atoms with Crippen LogP contribution in [0, 0.1) is 23.0 Å². The van der Waals surface area contributed by atoms with Crippen LogP contribution in [0.5, 0.6) is 0 Å². The highest BCUT2D eigenvalue weighted by molar-refractivity contribution is 5.42. The molecule has 0 aliphatic rings. The molecular weight excluding hydrogens is 250 g/mol. The van der Waals surface area contributed by atoms with E-state index in [0.29, 0.717) is 11.4 Å². The molecule has 4 nitrogen and oxygen atoms in total. The molecule has 1 aromatic carbocycles. The average Bonchev–Trinajstić information content (AvgIpc) is 2.42. The van der Waals surface area contributed by atoms with Crippen LogP contribution in [0.15, 0.2) is 30.6 Å². The van der Waals surface area contributed by atoms with Crippen molar-refractivity contribution in [1.82, 2.24) is 9.97 Å². The molecule has 96 valence electrons. The Morgan fingerprint density at radius 2 is 2.05 bits per heavy atom. The molecule has 0 N–H and O–H groups in total. The van der Waals surface area contributed by atoms with Crippen LogP contribution in [0.2, 0.25) is 0 Å². The van der Waals surface area contributed by atoms with Gasteiger partial charge in [0, 0.05) is 31.3 Å². The molecule has 6 heteroatoms. The van der Waals surface area contributed by atoms with Crippen molar-refractivity contribution in [1.29, 1.82) is 5.26 Å². The number of anilines is 1. The van der Waals surface area contributed by atoms with Crippen LogP contribution >= 0.6 is 0 Å². The fourth-order valence-electron chi connectivity index (χ4n) is 1.60. The summed E-state index contributed by atoms with van der Waals surface area (Å²) in [7, 11) is 1.70. The van der Waals surface area contributed by atoms with Crippen LogP contribution in [0.1, 0.15) is 11.3 Å². The van der Waals surface area contributed by atoms with Crippen molar-refractivity contribution in [2.45, 2.75) is 6.54 Å². The van der Waals surface area contributed by atoms with Gasteiger partial charge in [0.05, 0.1) is 0 Å². The minimum absolute atomic E-state index is 0.216. The van der Waals surface area contributed by atoms with Gasteiger partial charge in [-0.3, -0.25) is 0 Å². The van der Waals surface area contributed by atoms with Crippen molar-refractivity contribution in [2.24, 2.45) is 0 Å². The first-order chi connectivity index (χ1) is 9.10. The van der Waals surface area contributed by atoms with Crippen LogP contribution in [0.25, 0.3) is 0 Å². The van der Waals surface area contributed by atoms with Gasteiger partial charge in [-0.15, -0.1) is 0 Å². The molecule has 0 bridgehead atoms. The van der Waals surface area contributed by atoms with Crippen LogP contribution < -0.4 is 4.90 Å². The van der Waals surface area contributed by atoms with Crippen molar-refractivity contribution in [3.05, 3.63) is 53.5 Å². The van der Waals surface area contributed by atoms with Gasteiger partial charge in [-0.25, -0.2) is 18.7 Å². The van der Waals surface area contributed by atoms with Gasteiger partial charge in [-0.1, -0.05) is 6.07 Å².